The van der Waals surface area contributed by atoms with E-state index in [4.69, 9.17) is 23.7 Å². The minimum atomic E-state index is -0.639. The maximum atomic E-state index is 12.0. The highest BCUT2D eigenvalue weighted by Crippen LogP contribution is 2.32. The van der Waals surface area contributed by atoms with Crippen LogP contribution >= 0.6 is 0 Å². The molecule has 30 heavy (non-hydrogen) atoms. The molecular weight excluding hydrogens is 390 g/mol. The SMILES string of the molecule is CCOc1ccc(/C=C/C(=O)OCC(=O)Nc2ccc3c(c2)OCCO3)cc1OC. The molecule has 8 heteroatoms. The number of hydrogen-bond acceptors (Lipinski definition) is 7. The van der Waals surface area contributed by atoms with Gasteiger partial charge in [-0.3, -0.25) is 4.79 Å². The number of methoxy groups -OCH3 is 1. The van der Waals surface area contributed by atoms with Gasteiger partial charge in [-0.1, -0.05) is 6.07 Å². The predicted octanol–water partition coefficient (Wildman–Crippen LogP) is 3.06. The second-order valence-corrected chi connectivity index (χ2v) is 6.19. The van der Waals surface area contributed by atoms with Crippen molar-refractivity contribution in [1.82, 2.24) is 0 Å². The molecular formula is C22H23NO7. The lowest BCUT2D eigenvalue weighted by Crippen LogP contribution is -2.20. The Bertz CT molecular complexity index is 939. The van der Waals surface area contributed by atoms with Crippen LogP contribution in [0.1, 0.15) is 12.5 Å². The molecule has 0 bridgehead atoms. The van der Waals surface area contributed by atoms with E-state index in [1.807, 2.05) is 6.92 Å². The molecule has 0 saturated heterocycles. The maximum Gasteiger partial charge on any atom is 0.331 e. The zero-order chi connectivity index (χ0) is 21.3. The highest BCUT2D eigenvalue weighted by Gasteiger charge is 2.13. The third kappa shape index (κ3) is 5.66. The van der Waals surface area contributed by atoms with E-state index in [0.717, 1.165) is 5.56 Å². The Balaban J connectivity index is 1.50. The lowest BCUT2D eigenvalue weighted by molar-refractivity contribution is -0.142. The Kier molecular flexibility index (Phi) is 7.15. The first-order valence-corrected chi connectivity index (χ1v) is 9.44. The summed E-state index contributed by atoms with van der Waals surface area (Å²) in [7, 11) is 1.54. The number of carbonyl (C=O) groups excluding carboxylic acids is 2. The largest absolute Gasteiger partial charge is 0.493 e. The quantitative estimate of drug-likeness (QED) is 0.525. The van der Waals surface area contributed by atoms with Gasteiger partial charge in [0, 0.05) is 17.8 Å². The Morgan fingerprint density at radius 2 is 1.87 bits per heavy atom. The van der Waals surface area contributed by atoms with Gasteiger partial charge in [-0.2, -0.15) is 0 Å². The molecule has 0 spiro atoms. The number of rotatable bonds is 8. The molecule has 0 unspecified atom stereocenters. The van der Waals surface area contributed by atoms with E-state index in [1.165, 1.54) is 6.08 Å². The molecule has 2 aromatic rings. The molecule has 0 aromatic heterocycles. The molecule has 158 valence electrons. The van der Waals surface area contributed by atoms with E-state index in [-0.39, 0.29) is 0 Å². The summed E-state index contributed by atoms with van der Waals surface area (Å²) >= 11 is 0. The van der Waals surface area contributed by atoms with Gasteiger partial charge in [0.25, 0.3) is 5.91 Å². The van der Waals surface area contributed by atoms with Crippen molar-refractivity contribution >= 4 is 23.6 Å². The highest BCUT2D eigenvalue weighted by molar-refractivity contribution is 5.94. The van der Waals surface area contributed by atoms with Crippen LogP contribution in [0.4, 0.5) is 5.69 Å². The minimum absolute atomic E-state index is 0.412. The summed E-state index contributed by atoms with van der Waals surface area (Å²) in [4.78, 5) is 23.9. The fraction of sp³-hybridized carbons (Fsp3) is 0.273. The van der Waals surface area contributed by atoms with Gasteiger partial charge >= 0.3 is 5.97 Å². The summed E-state index contributed by atoms with van der Waals surface area (Å²) in [6, 6.07) is 10.3. The number of esters is 1. The van der Waals surface area contributed by atoms with Crippen molar-refractivity contribution in [3.8, 4) is 23.0 Å². The Morgan fingerprint density at radius 3 is 2.63 bits per heavy atom. The van der Waals surface area contributed by atoms with Gasteiger partial charge in [-0.25, -0.2) is 4.79 Å². The fourth-order valence-corrected chi connectivity index (χ4v) is 2.73. The van der Waals surface area contributed by atoms with Gasteiger partial charge < -0.3 is 29.0 Å². The standard InChI is InChI=1S/C22H23NO7/c1-3-27-17-7-4-15(12-19(17)26-2)5-9-22(25)30-14-21(24)23-16-6-8-18-20(13-16)29-11-10-28-18/h4-9,12-13H,3,10-11,14H2,1-2H3,(H,23,24)/b9-5+. The van der Waals surface area contributed by atoms with Crippen LogP contribution in [0.3, 0.4) is 0 Å². The molecule has 0 atom stereocenters. The molecule has 8 nitrogen and oxygen atoms in total. The van der Waals surface area contributed by atoms with Crippen LogP contribution in [0.15, 0.2) is 42.5 Å². The van der Waals surface area contributed by atoms with Crippen molar-refractivity contribution in [2.24, 2.45) is 0 Å². The molecule has 1 amide bonds. The predicted molar refractivity (Wildman–Crippen MR) is 110 cm³/mol. The Hall–Kier alpha value is -3.68. The van der Waals surface area contributed by atoms with Crippen molar-refractivity contribution in [2.45, 2.75) is 6.92 Å². The second-order valence-electron chi connectivity index (χ2n) is 6.19. The number of nitrogens with one attached hydrogen (secondary N) is 1. The smallest absolute Gasteiger partial charge is 0.331 e. The van der Waals surface area contributed by atoms with E-state index in [9.17, 15) is 9.59 Å². The van der Waals surface area contributed by atoms with Gasteiger partial charge in [0.15, 0.2) is 29.6 Å². The summed E-state index contributed by atoms with van der Waals surface area (Å²) in [5, 5.41) is 2.65. The molecule has 0 radical (unpaired) electrons. The molecule has 1 N–H and O–H groups in total. The second kappa shape index (κ2) is 10.2. The zero-order valence-corrected chi connectivity index (χ0v) is 16.8. The van der Waals surface area contributed by atoms with Crippen molar-refractivity contribution in [1.29, 1.82) is 0 Å². The van der Waals surface area contributed by atoms with E-state index in [1.54, 1.807) is 49.6 Å². The molecule has 3 rings (SSSR count). The van der Waals surface area contributed by atoms with Crippen LogP contribution in [0.5, 0.6) is 23.0 Å². The van der Waals surface area contributed by atoms with Gasteiger partial charge in [0.1, 0.15) is 13.2 Å². The fourth-order valence-electron chi connectivity index (χ4n) is 2.73. The van der Waals surface area contributed by atoms with Gasteiger partial charge in [-0.15, -0.1) is 0 Å². The highest BCUT2D eigenvalue weighted by atomic mass is 16.6. The van der Waals surface area contributed by atoms with Crippen LogP contribution in [-0.4, -0.2) is 45.4 Å². The van der Waals surface area contributed by atoms with Crippen molar-refractivity contribution in [3.05, 3.63) is 48.0 Å². The van der Waals surface area contributed by atoms with Gasteiger partial charge in [0.2, 0.25) is 0 Å². The first kappa shape index (κ1) is 21.0. The van der Waals surface area contributed by atoms with E-state index < -0.39 is 18.5 Å². The van der Waals surface area contributed by atoms with Crippen LogP contribution in [-0.2, 0) is 14.3 Å². The lowest BCUT2D eigenvalue weighted by atomic mass is 10.2. The minimum Gasteiger partial charge on any atom is -0.493 e. The van der Waals surface area contributed by atoms with Gasteiger partial charge in [-0.05, 0) is 42.8 Å². The normalized spacial score (nSPS) is 12.3. The number of anilines is 1. The molecule has 0 saturated carbocycles. The number of fused-ring (bicyclic) bond motifs is 1. The van der Waals surface area contributed by atoms with Crippen molar-refractivity contribution in [3.63, 3.8) is 0 Å². The molecule has 1 aliphatic heterocycles. The molecule has 0 fully saturated rings. The third-order valence-electron chi connectivity index (χ3n) is 4.07. The van der Waals surface area contributed by atoms with Crippen molar-refractivity contribution < 1.29 is 33.3 Å². The monoisotopic (exact) mass is 413 g/mol. The lowest BCUT2D eigenvalue weighted by Gasteiger charge is -2.18. The molecule has 2 aromatic carbocycles. The van der Waals surface area contributed by atoms with E-state index in [2.05, 4.69) is 5.32 Å². The number of hydrogen-bond donors (Lipinski definition) is 1. The first-order valence-electron chi connectivity index (χ1n) is 9.44. The Morgan fingerprint density at radius 1 is 1.07 bits per heavy atom. The summed E-state index contributed by atoms with van der Waals surface area (Å²) in [5.41, 5.74) is 1.25. The molecule has 0 aliphatic carbocycles. The number of amides is 1. The van der Waals surface area contributed by atoms with E-state index in [0.29, 0.717) is 48.5 Å². The maximum absolute atomic E-state index is 12.0. The van der Waals surface area contributed by atoms with Crippen LogP contribution in [0.25, 0.3) is 6.08 Å². The Labute approximate surface area is 174 Å². The number of carbonyl (C=O) groups is 2. The summed E-state index contributed by atoms with van der Waals surface area (Å²) in [6.07, 6.45) is 2.81. The summed E-state index contributed by atoms with van der Waals surface area (Å²) in [5.74, 6) is 1.27. The number of ether oxygens (including phenoxy) is 5. The zero-order valence-electron chi connectivity index (χ0n) is 16.8. The van der Waals surface area contributed by atoms with Crippen LogP contribution in [0.2, 0.25) is 0 Å². The molecule has 1 aliphatic rings. The topological polar surface area (TPSA) is 92.3 Å². The van der Waals surface area contributed by atoms with Crippen molar-refractivity contribution in [2.75, 3.05) is 38.9 Å². The average Bonchev–Trinajstić information content (AvgIpc) is 2.77. The van der Waals surface area contributed by atoms with Gasteiger partial charge in [0.05, 0.1) is 13.7 Å². The van der Waals surface area contributed by atoms with Crippen LogP contribution in [0, 0.1) is 0 Å². The molecule has 1 heterocycles. The summed E-state index contributed by atoms with van der Waals surface area (Å²) < 4.78 is 26.6. The average molecular weight is 413 g/mol. The third-order valence-corrected chi connectivity index (χ3v) is 4.07. The van der Waals surface area contributed by atoms with E-state index >= 15 is 0 Å². The van der Waals surface area contributed by atoms with Crippen LogP contribution < -0.4 is 24.3 Å². The first-order chi connectivity index (χ1) is 14.6. The number of benzene rings is 2. The summed E-state index contributed by atoms with van der Waals surface area (Å²) in [6.45, 7) is 2.93.